The van der Waals surface area contributed by atoms with Crippen molar-refractivity contribution in [2.75, 3.05) is 6.54 Å². The van der Waals surface area contributed by atoms with Crippen LogP contribution < -0.4 is 5.32 Å². The first-order chi connectivity index (χ1) is 9.86. The number of carbonyl (C=O) groups excluding carboxylic acids is 1. The van der Waals surface area contributed by atoms with Crippen LogP contribution in [0.4, 0.5) is 17.6 Å². The molecule has 0 bridgehead atoms. The molecular weight excluding hydrogens is 290 g/mol. The van der Waals surface area contributed by atoms with Crippen LogP contribution in [0, 0.1) is 5.82 Å². The van der Waals surface area contributed by atoms with E-state index >= 15 is 0 Å². The lowest BCUT2D eigenvalue weighted by molar-refractivity contribution is -0.141. The third-order valence-electron chi connectivity index (χ3n) is 2.66. The molecule has 0 aliphatic carbocycles. The number of hydrogen-bond acceptors (Lipinski definition) is 2. The Balaban J connectivity index is 1.85. The van der Waals surface area contributed by atoms with Gasteiger partial charge in [-0.2, -0.15) is 18.3 Å². The predicted molar refractivity (Wildman–Crippen MR) is 66.0 cm³/mol. The van der Waals surface area contributed by atoms with Gasteiger partial charge in [-0.3, -0.25) is 9.48 Å². The summed E-state index contributed by atoms with van der Waals surface area (Å²) in [5, 5.41) is 5.86. The van der Waals surface area contributed by atoms with Crippen molar-refractivity contribution in [1.82, 2.24) is 15.1 Å². The van der Waals surface area contributed by atoms with E-state index in [9.17, 15) is 22.4 Å². The fourth-order valence-corrected chi connectivity index (χ4v) is 1.62. The van der Waals surface area contributed by atoms with Gasteiger partial charge in [-0.25, -0.2) is 4.39 Å². The fourth-order valence-electron chi connectivity index (χ4n) is 1.62. The van der Waals surface area contributed by atoms with Gasteiger partial charge in [0, 0.05) is 18.3 Å². The molecule has 0 aliphatic heterocycles. The van der Waals surface area contributed by atoms with E-state index in [1.165, 1.54) is 18.3 Å². The van der Waals surface area contributed by atoms with Gasteiger partial charge in [0.1, 0.15) is 5.82 Å². The molecule has 0 radical (unpaired) electrons. The number of nitrogens with one attached hydrogen (secondary N) is 1. The number of nitrogens with zero attached hydrogens (tertiary/aromatic N) is 2. The number of aromatic nitrogens is 2. The van der Waals surface area contributed by atoms with Crippen molar-refractivity contribution in [3.8, 4) is 0 Å². The summed E-state index contributed by atoms with van der Waals surface area (Å²) >= 11 is 0. The Bertz CT molecular complexity index is 619. The summed E-state index contributed by atoms with van der Waals surface area (Å²) < 4.78 is 50.8. The highest BCUT2D eigenvalue weighted by Gasteiger charge is 2.33. The molecule has 1 amide bonds. The number of amides is 1. The predicted octanol–water partition coefficient (Wildman–Crippen LogP) is 2.47. The summed E-state index contributed by atoms with van der Waals surface area (Å²) in [5.74, 6) is -0.888. The van der Waals surface area contributed by atoms with Gasteiger partial charge in [0.25, 0.3) is 5.91 Å². The van der Waals surface area contributed by atoms with Crippen LogP contribution in [0.3, 0.4) is 0 Å². The van der Waals surface area contributed by atoms with Gasteiger partial charge in [0.2, 0.25) is 0 Å². The van der Waals surface area contributed by atoms with Crippen molar-refractivity contribution >= 4 is 5.91 Å². The molecule has 0 spiro atoms. The maximum absolute atomic E-state index is 12.7. The largest absolute Gasteiger partial charge is 0.435 e. The molecule has 2 rings (SSSR count). The Morgan fingerprint density at radius 1 is 1.19 bits per heavy atom. The number of carbonyl (C=O) groups is 1. The molecule has 1 N–H and O–H groups in total. The van der Waals surface area contributed by atoms with Crippen LogP contribution in [0.1, 0.15) is 16.1 Å². The highest BCUT2D eigenvalue weighted by molar-refractivity contribution is 5.94. The number of hydrogen-bond donors (Lipinski definition) is 1. The van der Waals surface area contributed by atoms with Gasteiger partial charge in [0.05, 0.1) is 6.54 Å². The summed E-state index contributed by atoms with van der Waals surface area (Å²) in [6, 6.07) is 5.80. The van der Waals surface area contributed by atoms with Crippen molar-refractivity contribution in [2.24, 2.45) is 0 Å². The SMILES string of the molecule is O=C(NCCn1ccc(C(F)(F)F)n1)c1ccc(F)cc1. The van der Waals surface area contributed by atoms with Crippen molar-refractivity contribution in [2.45, 2.75) is 12.7 Å². The zero-order valence-corrected chi connectivity index (χ0v) is 10.7. The molecule has 1 aromatic carbocycles. The molecule has 0 saturated heterocycles. The van der Waals surface area contributed by atoms with Gasteiger partial charge in [0.15, 0.2) is 5.69 Å². The first-order valence-corrected chi connectivity index (χ1v) is 6.01. The monoisotopic (exact) mass is 301 g/mol. The van der Waals surface area contributed by atoms with Crippen molar-refractivity contribution in [1.29, 1.82) is 0 Å². The van der Waals surface area contributed by atoms with Crippen LogP contribution >= 0.6 is 0 Å². The lowest BCUT2D eigenvalue weighted by atomic mass is 10.2. The van der Waals surface area contributed by atoms with E-state index in [1.54, 1.807) is 0 Å². The number of rotatable bonds is 4. The summed E-state index contributed by atoms with van der Waals surface area (Å²) in [4.78, 5) is 11.7. The van der Waals surface area contributed by atoms with Crippen molar-refractivity contribution in [3.63, 3.8) is 0 Å². The summed E-state index contributed by atoms with van der Waals surface area (Å²) in [6.07, 6.45) is -3.30. The normalized spacial score (nSPS) is 11.4. The zero-order chi connectivity index (χ0) is 15.5. The molecule has 1 heterocycles. The highest BCUT2D eigenvalue weighted by Crippen LogP contribution is 2.27. The summed E-state index contributed by atoms with van der Waals surface area (Å²) in [5.41, 5.74) is -0.708. The van der Waals surface area contributed by atoms with Crippen LogP contribution in [0.15, 0.2) is 36.5 Å². The molecule has 0 saturated carbocycles. The van der Waals surface area contributed by atoms with E-state index in [0.717, 1.165) is 22.9 Å². The van der Waals surface area contributed by atoms with Crippen molar-refractivity contribution in [3.05, 3.63) is 53.6 Å². The van der Waals surface area contributed by atoms with Crippen LogP contribution in [-0.2, 0) is 12.7 Å². The highest BCUT2D eigenvalue weighted by atomic mass is 19.4. The Kier molecular flexibility index (Phi) is 4.25. The number of halogens is 4. The molecule has 8 heteroatoms. The second-order valence-electron chi connectivity index (χ2n) is 4.22. The van der Waals surface area contributed by atoms with Gasteiger partial charge < -0.3 is 5.32 Å². The number of alkyl halides is 3. The van der Waals surface area contributed by atoms with Crippen LogP contribution in [0.25, 0.3) is 0 Å². The van der Waals surface area contributed by atoms with Crippen LogP contribution in [0.2, 0.25) is 0 Å². The molecule has 0 unspecified atom stereocenters. The molecule has 112 valence electrons. The second kappa shape index (κ2) is 5.94. The fraction of sp³-hybridized carbons (Fsp3) is 0.231. The van der Waals surface area contributed by atoms with Gasteiger partial charge >= 0.3 is 6.18 Å². The van der Waals surface area contributed by atoms with E-state index in [4.69, 9.17) is 0 Å². The van der Waals surface area contributed by atoms with Gasteiger partial charge in [-0.15, -0.1) is 0 Å². The molecule has 0 atom stereocenters. The molecule has 2 aromatic rings. The first kappa shape index (κ1) is 15.0. The Hall–Kier alpha value is -2.38. The maximum Gasteiger partial charge on any atom is 0.435 e. The van der Waals surface area contributed by atoms with Gasteiger partial charge in [-0.05, 0) is 30.3 Å². The maximum atomic E-state index is 12.7. The van der Waals surface area contributed by atoms with E-state index in [2.05, 4.69) is 10.4 Å². The zero-order valence-electron chi connectivity index (χ0n) is 10.7. The molecule has 1 aromatic heterocycles. The topological polar surface area (TPSA) is 46.9 Å². The minimum atomic E-state index is -4.48. The van der Waals surface area contributed by atoms with Crippen molar-refractivity contribution < 1.29 is 22.4 Å². The Morgan fingerprint density at radius 2 is 1.86 bits per heavy atom. The minimum absolute atomic E-state index is 0.100. The molecule has 0 fully saturated rings. The Morgan fingerprint density at radius 3 is 2.43 bits per heavy atom. The standard InChI is InChI=1S/C13H11F4N3O/c14-10-3-1-9(2-4-10)12(21)18-6-8-20-7-5-11(19-20)13(15,16)17/h1-5,7H,6,8H2,(H,18,21). The van der Waals surface area contributed by atoms with Crippen LogP contribution in [-0.4, -0.2) is 22.2 Å². The lowest BCUT2D eigenvalue weighted by Crippen LogP contribution is -2.27. The third kappa shape index (κ3) is 4.04. The first-order valence-electron chi connectivity index (χ1n) is 6.01. The molecule has 0 aliphatic rings. The average molecular weight is 301 g/mol. The summed E-state index contributed by atoms with van der Waals surface area (Å²) in [6.45, 7) is 0.207. The third-order valence-corrected chi connectivity index (χ3v) is 2.66. The Labute approximate surface area is 117 Å². The smallest absolute Gasteiger partial charge is 0.350 e. The van der Waals surface area contributed by atoms with E-state index in [1.807, 2.05) is 0 Å². The van der Waals surface area contributed by atoms with Gasteiger partial charge in [-0.1, -0.05) is 0 Å². The van der Waals surface area contributed by atoms with Crippen LogP contribution in [0.5, 0.6) is 0 Å². The average Bonchev–Trinajstić information content (AvgIpc) is 2.88. The van der Waals surface area contributed by atoms with E-state index in [0.29, 0.717) is 0 Å². The molecule has 21 heavy (non-hydrogen) atoms. The van der Waals surface area contributed by atoms with E-state index in [-0.39, 0.29) is 18.7 Å². The lowest BCUT2D eigenvalue weighted by Gasteiger charge is -2.06. The number of benzene rings is 1. The molecule has 4 nitrogen and oxygen atoms in total. The molecular formula is C13H11F4N3O. The quantitative estimate of drug-likeness (QED) is 0.882. The van der Waals surface area contributed by atoms with E-state index < -0.39 is 23.6 Å². The second-order valence-corrected chi connectivity index (χ2v) is 4.22. The summed E-state index contributed by atoms with van der Waals surface area (Å²) in [7, 11) is 0. The minimum Gasteiger partial charge on any atom is -0.350 e.